The van der Waals surface area contributed by atoms with Gasteiger partial charge in [-0.2, -0.15) is 0 Å². The molecule has 0 spiro atoms. The molecule has 0 radical (unpaired) electrons. The van der Waals surface area contributed by atoms with Crippen LogP contribution in [0.1, 0.15) is 10.4 Å². The van der Waals surface area contributed by atoms with Crippen molar-refractivity contribution in [3.05, 3.63) is 34.3 Å². The number of ketones is 1. The van der Waals surface area contributed by atoms with Gasteiger partial charge in [-0.25, -0.2) is 0 Å². The molecule has 0 heterocycles. The van der Waals surface area contributed by atoms with Crippen molar-refractivity contribution in [2.75, 3.05) is 0 Å². The van der Waals surface area contributed by atoms with Gasteiger partial charge >= 0.3 is 91.7 Å². The van der Waals surface area contributed by atoms with E-state index in [4.69, 9.17) is 0 Å². The number of hydrogen-bond acceptors (Lipinski definition) is 1. The van der Waals surface area contributed by atoms with Crippen molar-refractivity contribution in [1.29, 1.82) is 0 Å². The van der Waals surface area contributed by atoms with Crippen molar-refractivity contribution < 1.29 is 4.79 Å². The fourth-order valence-corrected chi connectivity index (χ4v) is 2.70. The summed E-state index contributed by atoms with van der Waals surface area (Å²) < 4.78 is 1.02. The summed E-state index contributed by atoms with van der Waals surface area (Å²) in [5.74, 6) is 4.63. The summed E-state index contributed by atoms with van der Waals surface area (Å²) >= 11 is 2.69. The number of carbonyl (C=O) groups is 1. The minimum atomic E-state index is -0.652. The number of benzene rings is 1. The summed E-state index contributed by atoms with van der Waals surface area (Å²) in [6, 6.07) is 7.57. The van der Waals surface area contributed by atoms with Gasteiger partial charge < -0.3 is 0 Å². The molecule has 1 rings (SSSR count). The molecule has 0 atom stereocenters. The molecule has 3 heteroatoms. The molecule has 0 saturated heterocycles. The zero-order chi connectivity index (χ0) is 9.84. The van der Waals surface area contributed by atoms with Gasteiger partial charge in [0.25, 0.3) is 0 Å². The third-order valence-electron chi connectivity index (χ3n) is 1.59. The zero-order valence-electron chi connectivity index (χ0n) is 7.71. The number of rotatable bonds is 3. The third kappa shape index (κ3) is 3.63. The summed E-state index contributed by atoms with van der Waals surface area (Å²) in [6.45, 7) is 0. The van der Waals surface area contributed by atoms with Gasteiger partial charge in [0.1, 0.15) is 0 Å². The number of halogens is 1. The van der Waals surface area contributed by atoms with Crippen LogP contribution in [0.5, 0.6) is 0 Å². The molecular formula is C10H12BrOSe+. The molecule has 0 bridgehead atoms. The van der Waals surface area contributed by atoms with Crippen LogP contribution in [-0.2, 0) is 0 Å². The van der Waals surface area contributed by atoms with Crippen molar-refractivity contribution in [2.24, 2.45) is 0 Å². The fourth-order valence-electron chi connectivity index (χ4n) is 0.981. The maximum atomic E-state index is 11.6. The fraction of sp³-hybridized carbons (Fsp3) is 0.300. The third-order valence-corrected chi connectivity index (χ3v) is 3.88. The summed E-state index contributed by atoms with van der Waals surface area (Å²) in [7, 11) is 0. The molecule has 70 valence electrons. The summed E-state index contributed by atoms with van der Waals surface area (Å²) in [5.41, 5.74) is 0.834. The molecule has 1 aromatic rings. The molecule has 0 amide bonds. The van der Waals surface area contributed by atoms with E-state index < -0.39 is 13.9 Å². The van der Waals surface area contributed by atoms with Gasteiger partial charge in [0, 0.05) is 0 Å². The monoisotopic (exact) mass is 307 g/mol. The van der Waals surface area contributed by atoms with Crippen LogP contribution in [0.15, 0.2) is 28.7 Å². The Morgan fingerprint density at radius 2 is 1.85 bits per heavy atom. The van der Waals surface area contributed by atoms with Gasteiger partial charge in [-0.05, 0) is 0 Å². The van der Waals surface area contributed by atoms with Crippen LogP contribution in [0.25, 0.3) is 0 Å². The first-order valence-corrected chi connectivity index (χ1v) is 9.35. The second-order valence-corrected chi connectivity index (χ2v) is 8.72. The molecule has 0 N–H and O–H groups in total. The van der Waals surface area contributed by atoms with Crippen molar-refractivity contribution in [3.8, 4) is 0 Å². The van der Waals surface area contributed by atoms with Gasteiger partial charge in [0.05, 0.1) is 0 Å². The molecular weight excluding hydrogens is 295 g/mol. The minimum absolute atomic E-state index is 0.280. The molecule has 0 aliphatic carbocycles. The molecule has 0 fully saturated rings. The molecule has 0 aliphatic rings. The SMILES string of the molecule is C[Se+](C)CC(=O)c1ccc(Br)cc1. The summed E-state index contributed by atoms with van der Waals surface area (Å²) in [4.78, 5) is 11.6. The van der Waals surface area contributed by atoms with Crippen molar-refractivity contribution >= 4 is 35.6 Å². The average Bonchev–Trinajstić information content (AvgIpc) is 2.04. The van der Waals surface area contributed by atoms with Crippen molar-refractivity contribution in [1.82, 2.24) is 0 Å². The van der Waals surface area contributed by atoms with Gasteiger partial charge in [0.2, 0.25) is 0 Å². The first-order chi connectivity index (χ1) is 6.09. The Morgan fingerprint density at radius 1 is 1.31 bits per heavy atom. The second-order valence-electron chi connectivity index (χ2n) is 3.06. The Bertz CT molecular complexity index is 292. The van der Waals surface area contributed by atoms with Crippen LogP contribution in [0.2, 0.25) is 17.0 Å². The van der Waals surface area contributed by atoms with E-state index >= 15 is 0 Å². The average molecular weight is 307 g/mol. The van der Waals surface area contributed by atoms with Gasteiger partial charge in [-0.3, -0.25) is 0 Å². The van der Waals surface area contributed by atoms with E-state index in [9.17, 15) is 4.79 Å². The van der Waals surface area contributed by atoms with E-state index in [1.54, 1.807) is 0 Å². The Kier molecular flexibility index (Phi) is 4.17. The van der Waals surface area contributed by atoms with Crippen LogP contribution in [0, 0.1) is 0 Å². The number of Topliss-reactive ketones (excluding diaryl/α,β-unsaturated/α-hetero) is 1. The Morgan fingerprint density at radius 3 is 2.31 bits per heavy atom. The number of carbonyl (C=O) groups excluding carboxylic acids is 1. The van der Waals surface area contributed by atoms with Crippen LogP contribution in [0.3, 0.4) is 0 Å². The Labute approximate surface area is 91.5 Å². The first-order valence-electron chi connectivity index (χ1n) is 3.92. The molecule has 13 heavy (non-hydrogen) atoms. The van der Waals surface area contributed by atoms with E-state index in [1.807, 2.05) is 24.3 Å². The van der Waals surface area contributed by atoms with E-state index in [-0.39, 0.29) is 5.78 Å². The molecule has 0 aromatic heterocycles. The Hall–Kier alpha value is -0.111. The first kappa shape index (κ1) is 11.0. The van der Waals surface area contributed by atoms with Crippen LogP contribution < -0.4 is 0 Å². The summed E-state index contributed by atoms with van der Waals surface area (Å²) in [6.07, 6.45) is 0. The van der Waals surface area contributed by atoms with E-state index in [1.165, 1.54) is 0 Å². The second kappa shape index (κ2) is 4.94. The van der Waals surface area contributed by atoms with Gasteiger partial charge in [-0.15, -0.1) is 0 Å². The van der Waals surface area contributed by atoms with E-state index in [0.29, 0.717) is 0 Å². The van der Waals surface area contributed by atoms with Gasteiger partial charge in [-0.1, -0.05) is 0 Å². The van der Waals surface area contributed by atoms with Crippen LogP contribution >= 0.6 is 15.9 Å². The summed E-state index contributed by atoms with van der Waals surface area (Å²) in [5, 5.41) is 0.752. The normalized spacial score (nSPS) is 10.5. The Balaban J connectivity index is 2.72. The van der Waals surface area contributed by atoms with Crippen molar-refractivity contribution in [3.63, 3.8) is 0 Å². The molecule has 0 unspecified atom stereocenters. The molecule has 1 aromatic carbocycles. The predicted octanol–water partition coefficient (Wildman–Crippen LogP) is 3.39. The standard InChI is InChI=1S/C10H12BrOSe/c1-13(2)7-10(12)8-3-5-9(11)6-4-8/h3-6H,7H2,1-2H3/q+1. The molecule has 0 aliphatic heterocycles. The van der Waals surface area contributed by atoms with Crippen molar-refractivity contribution in [2.45, 2.75) is 17.0 Å². The van der Waals surface area contributed by atoms with Gasteiger partial charge in [0.15, 0.2) is 0 Å². The van der Waals surface area contributed by atoms with Crippen LogP contribution in [0.4, 0.5) is 0 Å². The van der Waals surface area contributed by atoms with E-state index in [0.717, 1.165) is 15.4 Å². The zero-order valence-corrected chi connectivity index (χ0v) is 11.0. The quantitative estimate of drug-likeness (QED) is 0.618. The predicted molar refractivity (Wildman–Crippen MR) is 60.8 cm³/mol. The number of hydrogen-bond donors (Lipinski definition) is 0. The van der Waals surface area contributed by atoms with E-state index in [2.05, 4.69) is 27.6 Å². The topological polar surface area (TPSA) is 17.1 Å². The molecule has 0 saturated carbocycles. The molecule has 1 nitrogen and oxygen atoms in total. The van der Waals surface area contributed by atoms with Crippen LogP contribution in [-0.4, -0.2) is 19.7 Å². The maximum absolute atomic E-state index is 11.6.